The van der Waals surface area contributed by atoms with Gasteiger partial charge in [-0.1, -0.05) is 12.1 Å². The number of H-pyrrole nitrogens is 1. The van der Waals surface area contributed by atoms with Gasteiger partial charge in [-0.05, 0) is 55.7 Å². The summed E-state index contributed by atoms with van der Waals surface area (Å²) in [5.41, 5.74) is 0.455. The van der Waals surface area contributed by atoms with Crippen molar-refractivity contribution in [3.63, 3.8) is 0 Å². The molecule has 3 N–H and O–H groups in total. The van der Waals surface area contributed by atoms with Crippen molar-refractivity contribution in [1.29, 1.82) is 0 Å². The lowest BCUT2D eigenvalue weighted by atomic mass is 9.61. The molecule has 2 atom stereocenters. The Hall–Kier alpha value is -3.69. The summed E-state index contributed by atoms with van der Waals surface area (Å²) in [6, 6.07) is 8.11. The Bertz CT molecular complexity index is 1440. The van der Waals surface area contributed by atoms with Crippen LogP contribution in [0, 0.1) is 17.8 Å². The zero-order valence-corrected chi connectivity index (χ0v) is 18.5. The summed E-state index contributed by atoms with van der Waals surface area (Å²) >= 11 is 0. The maximum absolute atomic E-state index is 13.3. The van der Waals surface area contributed by atoms with E-state index in [1.165, 1.54) is 0 Å². The van der Waals surface area contributed by atoms with Crippen LogP contribution in [-0.2, 0) is 11.0 Å². The molecule has 0 aliphatic heterocycles. The molecule has 0 amide bonds. The highest BCUT2D eigenvalue weighted by molar-refractivity contribution is 5.96. The van der Waals surface area contributed by atoms with Gasteiger partial charge in [-0.3, -0.25) is 4.79 Å². The number of halogens is 3. The van der Waals surface area contributed by atoms with E-state index in [0.717, 1.165) is 43.3 Å². The van der Waals surface area contributed by atoms with Crippen molar-refractivity contribution >= 4 is 33.7 Å². The zero-order valence-electron chi connectivity index (χ0n) is 18.5. The number of rotatable bonds is 4. The van der Waals surface area contributed by atoms with Gasteiger partial charge in [0.25, 0.3) is 0 Å². The number of carboxylic acid groups (broad SMARTS) is 1. The quantitative estimate of drug-likeness (QED) is 0.356. The van der Waals surface area contributed by atoms with E-state index >= 15 is 0 Å². The van der Waals surface area contributed by atoms with Crippen molar-refractivity contribution in [1.82, 2.24) is 19.9 Å². The number of hydrogen-bond acceptors (Lipinski definition) is 5. The largest absolute Gasteiger partial charge is 0.481 e. The fourth-order valence-electron chi connectivity index (χ4n) is 5.82. The first-order valence-corrected chi connectivity index (χ1v) is 11.6. The number of anilines is 1. The molecule has 3 saturated carbocycles. The lowest BCUT2D eigenvalue weighted by molar-refractivity contribution is -0.148. The van der Waals surface area contributed by atoms with E-state index in [1.54, 1.807) is 6.20 Å². The van der Waals surface area contributed by atoms with E-state index in [1.807, 2.05) is 24.3 Å². The van der Waals surface area contributed by atoms with Crippen LogP contribution >= 0.6 is 0 Å². The molecule has 35 heavy (non-hydrogen) atoms. The normalized spacial score (nSPS) is 24.2. The molecule has 1 aromatic carbocycles. The predicted octanol–water partition coefficient (Wildman–Crippen LogP) is 5.49. The van der Waals surface area contributed by atoms with Crippen LogP contribution in [0.2, 0.25) is 0 Å². The number of para-hydroxylation sites is 1. The molecule has 0 spiro atoms. The number of hydrogen-bond donors (Lipinski definition) is 3. The summed E-state index contributed by atoms with van der Waals surface area (Å²) in [5, 5.41) is 14.4. The summed E-state index contributed by atoms with van der Waals surface area (Å²) in [6.07, 6.45) is 1.58. The highest BCUT2D eigenvalue weighted by atomic mass is 19.4. The van der Waals surface area contributed by atoms with E-state index < -0.39 is 23.6 Å². The summed E-state index contributed by atoms with van der Waals surface area (Å²) in [7, 11) is 0. The lowest BCUT2D eigenvalue weighted by Crippen LogP contribution is -2.51. The molecular weight excluding hydrogens is 459 g/mol. The van der Waals surface area contributed by atoms with E-state index in [9.17, 15) is 23.1 Å². The highest BCUT2D eigenvalue weighted by Crippen LogP contribution is 2.46. The number of aliphatic carboxylic acids is 1. The number of nitrogens with one attached hydrogen (secondary N) is 2. The van der Waals surface area contributed by atoms with Gasteiger partial charge < -0.3 is 15.4 Å². The van der Waals surface area contributed by atoms with Crippen LogP contribution in [0.15, 0.2) is 42.7 Å². The van der Waals surface area contributed by atoms with Crippen molar-refractivity contribution in [3.8, 4) is 11.4 Å². The van der Waals surface area contributed by atoms with Crippen LogP contribution in [0.5, 0.6) is 0 Å². The van der Waals surface area contributed by atoms with Gasteiger partial charge in [0.05, 0.1) is 17.0 Å². The van der Waals surface area contributed by atoms with Crippen molar-refractivity contribution in [2.24, 2.45) is 17.8 Å². The minimum atomic E-state index is -4.53. The number of aromatic amines is 1. The van der Waals surface area contributed by atoms with Crippen molar-refractivity contribution in [3.05, 3.63) is 48.3 Å². The molecule has 3 aliphatic rings. The first-order chi connectivity index (χ1) is 16.8. The minimum Gasteiger partial charge on any atom is -0.481 e. The van der Waals surface area contributed by atoms with Crippen LogP contribution in [-0.4, -0.2) is 37.1 Å². The first-order valence-electron chi connectivity index (χ1n) is 11.6. The molecule has 3 fully saturated rings. The van der Waals surface area contributed by atoms with Crippen molar-refractivity contribution in [2.45, 2.75) is 37.9 Å². The molecule has 180 valence electrons. The van der Waals surface area contributed by atoms with Crippen LogP contribution in [0.3, 0.4) is 0 Å². The van der Waals surface area contributed by atoms with Crippen LogP contribution in [0.1, 0.15) is 31.2 Å². The number of carbonyl (C=O) groups is 1. The maximum atomic E-state index is 13.3. The lowest BCUT2D eigenvalue weighted by Gasteiger charge is -2.47. The Morgan fingerprint density at radius 1 is 1.06 bits per heavy atom. The molecule has 2 bridgehead atoms. The number of alkyl halides is 3. The van der Waals surface area contributed by atoms with Gasteiger partial charge in [0.1, 0.15) is 11.5 Å². The average Bonchev–Trinajstić information content (AvgIpc) is 3.27. The third kappa shape index (κ3) is 3.67. The monoisotopic (exact) mass is 481 g/mol. The topological polar surface area (TPSA) is 104 Å². The Labute approximate surface area is 197 Å². The predicted molar refractivity (Wildman–Crippen MR) is 124 cm³/mol. The second-order valence-corrected chi connectivity index (χ2v) is 9.44. The number of fused-ring (bicyclic) bond motifs is 5. The molecule has 7 rings (SSSR count). The van der Waals surface area contributed by atoms with E-state index in [0.29, 0.717) is 22.5 Å². The van der Waals surface area contributed by atoms with Crippen LogP contribution in [0.25, 0.3) is 33.3 Å². The van der Waals surface area contributed by atoms with E-state index in [-0.39, 0.29) is 29.1 Å². The third-order valence-corrected chi connectivity index (χ3v) is 7.51. The molecule has 4 aromatic rings. The van der Waals surface area contributed by atoms with Gasteiger partial charge in [0.2, 0.25) is 0 Å². The van der Waals surface area contributed by atoms with Crippen molar-refractivity contribution in [2.75, 3.05) is 5.32 Å². The second kappa shape index (κ2) is 7.93. The summed E-state index contributed by atoms with van der Waals surface area (Å²) in [4.78, 5) is 28.3. The fourth-order valence-corrected chi connectivity index (χ4v) is 5.82. The smallest absolute Gasteiger partial charge is 0.417 e. The van der Waals surface area contributed by atoms with Gasteiger partial charge in [-0.25, -0.2) is 15.0 Å². The fraction of sp³-hybridized carbons (Fsp3) is 0.360. The first kappa shape index (κ1) is 21.8. The number of carboxylic acids is 1. The molecule has 3 aliphatic carbocycles. The number of benzene rings is 1. The van der Waals surface area contributed by atoms with Crippen LogP contribution < -0.4 is 5.32 Å². The summed E-state index contributed by atoms with van der Waals surface area (Å²) < 4.78 is 40.0. The Balaban J connectivity index is 1.47. The van der Waals surface area contributed by atoms with E-state index in [2.05, 4.69) is 20.3 Å². The van der Waals surface area contributed by atoms with Crippen LogP contribution in [0.4, 0.5) is 19.0 Å². The SMILES string of the molecule is O=C(O)[C@H]1C2CCC(CC2)C1Nc1nc(-c2c[nH]c3ncc(C(F)(F)F)cc23)nc2ccccc12. The van der Waals surface area contributed by atoms with Gasteiger partial charge in [0.15, 0.2) is 5.82 Å². The molecular formula is C25H22F3N5O2. The van der Waals surface area contributed by atoms with Gasteiger partial charge in [0, 0.05) is 34.8 Å². The van der Waals surface area contributed by atoms with Crippen molar-refractivity contribution < 1.29 is 23.1 Å². The third-order valence-electron chi connectivity index (χ3n) is 7.51. The minimum absolute atomic E-state index is 0.128. The van der Waals surface area contributed by atoms with Gasteiger partial charge in [-0.15, -0.1) is 0 Å². The Kier molecular flexibility index (Phi) is 4.94. The highest BCUT2D eigenvalue weighted by Gasteiger charge is 2.47. The number of aromatic nitrogens is 4. The molecule has 10 heteroatoms. The average molecular weight is 481 g/mol. The summed E-state index contributed by atoms with van der Waals surface area (Å²) in [5.74, 6) is -0.229. The summed E-state index contributed by atoms with van der Waals surface area (Å²) in [6.45, 7) is 0. The Morgan fingerprint density at radius 3 is 2.54 bits per heavy atom. The molecule has 7 nitrogen and oxygen atoms in total. The molecule has 0 saturated heterocycles. The molecule has 0 radical (unpaired) electrons. The second-order valence-electron chi connectivity index (χ2n) is 9.44. The molecule has 1 unspecified atom stereocenters. The zero-order chi connectivity index (χ0) is 24.3. The molecule has 3 heterocycles. The van der Waals surface area contributed by atoms with Gasteiger partial charge >= 0.3 is 12.1 Å². The van der Waals surface area contributed by atoms with E-state index in [4.69, 9.17) is 4.98 Å². The molecule has 3 aromatic heterocycles. The standard InChI is InChI=1S/C25H22F3N5O2/c26-25(27,28)14-9-16-17(11-30-21(16)29-10-14)23-31-18-4-2-1-3-15(18)22(33-23)32-20-13-7-5-12(6-8-13)19(20)24(34)35/h1-4,9-13,19-20H,5-8H2,(H,29,30)(H,34,35)(H,31,32,33)/t12?,13?,19-,20?/m0/s1. The van der Waals surface area contributed by atoms with Gasteiger partial charge in [-0.2, -0.15) is 13.2 Å². The maximum Gasteiger partial charge on any atom is 0.417 e. The number of pyridine rings is 1. The Morgan fingerprint density at radius 2 is 1.80 bits per heavy atom. The number of nitrogens with zero attached hydrogens (tertiary/aromatic N) is 3.